The first-order valence-corrected chi connectivity index (χ1v) is 9.54. The number of piperidine rings is 1. The molecule has 0 saturated carbocycles. The molecule has 0 bridgehead atoms. The number of nitrogens with two attached hydrogens (primary N) is 1. The number of likely N-dealkylation sites (tertiary alicyclic amines) is 1. The van der Waals surface area contributed by atoms with Gasteiger partial charge in [0, 0.05) is 23.0 Å². The first kappa shape index (κ1) is 20.3. The number of Topliss-reactive ketones (excluding diaryl/α,β-unsaturated/α-hetero) is 1. The quantitative estimate of drug-likeness (QED) is 0.732. The first-order chi connectivity index (χ1) is 13.4. The lowest BCUT2D eigenvalue weighted by Crippen LogP contribution is -2.39. The van der Waals surface area contributed by atoms with E-state index in [4.69, 9.17) is 22.1 Å². The number of rotatable bonds is 6. The minimum Gasteiger partial charge on any atom is -0.440 e. The van der Waals surface area contributed by atoms with Gasteiger partial charge in [-0.1, -0.05) is 23.7 Å². The van der Waals surface area contributed by atoms with Crippen molar-refractivity contribution in [2.45, 2.75) is 18.9 Å². The smallest absolute Gasteiger partial charge is 0.405 e. The number of primary amides is 1. The van der Waals surface area contributed by atoms with E-state index in [9.17, 15) is 14.0 Å². The number of halogens is 2. The maximum atomic E-state index is 13.0. The number of ketones is 1. The largest absolute Gasteiger partial charge is 0.440 e. The standard InChI is InChI=1S/C21H22ClFN2O3/c22-17-5-1-14(2-6-17)19(28-21(24)27)13-25-11-9-16(10-12-25)20(26)15-3-7-18(23)8-4-15/h1-8,16,19H,9-13H2,(H2,24,27). The second-order valence-corrected chi connectivity index (χ2v) is 7.36. The van der Waals surface area contributed by atoms with Crippen molar-refractivity contribution in [1.82, 2.24) is 4.90 Å². The highest BCUT2D eigenvalue weighted by Gasteiger charge is 2.28. The van der Waals surface area contributed by atoms with E-state index in [0.717, 1.165) is 5.56 Å². The summed E-state index contributed by atoms with van der Waals surface area (Å²) in [4.78, 5) is 26.0. The molecule has 148 valence electrons. The summed E-state index contributed by atoms with van der Waals surface area (Å²) >= 11 is 5.92. The van der Waals surface area contributed by atoms with E-state index in [0.29, 0.717) is 43.1 Å². The number of nitrogens with zero attached hydrogens (tertiary/aromatic N) is 1. The Morgan fingerprint density at radius 2 is 1.71 bits per heavy atom. The molecule has 1 amide bonds. The zero-order chi connectivity index (χ0) is 20.1. The van der Waals surface area contributed by atoms with Crippen LogP contribution in [0.1, 0.15) is 34.9 Å². The average Bonchev–Trinajstić information content (AvgIpc) is 2.68. The predicted molar refractivity (Wildman–Crippen MR) is 105 cm³/mol. The van der Waals surface area contributed by atoms with Gasteiger partial charge in [0.1, 0.15) is 11.9 Å². The van der Waals surface area contributed by atoms with E-state index >= 15 is 0 Å². The summed E-state index contributed by atoms with van der Waals surface area (Å²) < 4.78 is 18.3. The van der Waals surface area contributed by atoms with Crippen LogP contribution >= 0.6 is 11.6 Å². The normalized spacial score (nSPS) is 16.5. The summed E-state index contributed by atoms with van der Waals surface area (Å²) in [5, 5.41) is 0.599. The molecule has 1 atom stereocenters. The maximum absolute atomic E-state index is 13.0. The fourth-order valence-corrected chi connectivity index (χ4v) is 3.62. The molecule has 2 aromatic carbocycles. The topological polar surface area (TPSA) is 72.6 Å². The van der Waals surface area contributed by atoms with Gasteiger partial charge in [-0.2, -0.15) is 0 Å². The molecule has 3 rings (SSSR count). The SMILES string of the molecule is NC(=O)OC(CN1CCC(C(=O)c2ccc(F)cc2)CC1)c1ccc(Cl)cc1. The summed E-state index contributed by atoms with van der Waals surface area (Å²) in [5.74, 6) is -0.399. The molecular formula is C21H22ClFN2O3. The number of carbonyl (C=O) groups excluding carboxylic acids is 2. The summed E-state index contributed by atoms with van der Waals surface area (Å²) in [6, 6.07) is 12.8. The van der Waals surface area contributed by atoms with E-state index in [1.54, 1.807) is 24.3 Å². The van der Waals surface area contributed by atoms with E-state index in [1.165, 1.54) is 24.3 Å². The molecule has 5 nitrogen and oxygen atoms in total. The lowest BCUT2D eigenvalue weighted by Gasteiger charge is -2.33. The van der Waals surface area contributed by atoms with Crippen LogP contribution in [0.2, 0.25) is 5.02 Å². The zero-order valence-corrected chi connectivity index (χ0v) is 16.1. The third-order valence-corrected chi connectivity index (χ3v) is 5.26. The molecule has 0 aliphatic carbocycles. The zero-order valence-electron chi connectivity index (χ0n) is 15.3. The highest BCUT2D eigenvalue weighted by Crippen LogP contribution is 2.26. The van der Waals surface area contributed by atoms with Crippen LogP contribution in [0.15, 0.2) is 48.5 Å². The van der Waals surface area contributed by atoms with Gasteiger partial charge in [-0.05, 0) is 67.9 Å². The molecule has 0 aromatic heterocycles. The van der Waals surface area contributed by atoms with Crippen LogP contribution in [0.4, 0.5) is 9.18 Å². The van der Waals surface area contributed by atoms with Gasteiger partial charge in [0.15, 0.2) is 5.78 Å². The van der Waals surface area contributed by atoms with Gasteiger partial charge in [-0.3, -0.25) is 9.69 Å². The molecule has 0 radical (unpaired) electrons. The lowest BCUT2D eigenvalue weighted by molar-refractivity contribution is 0.0598. The van der Waals surface area contributed by atoms with Crippen molar-refractivity contribution in [1.29, 1.82) is 0 Å². The van der Waals surface area contributed by atoms with E-state index in [2.05, 4.69) is 4.90 Å². The van der Waals surface area contributed by atoms with E-state index in [1.807, 2.05) is 0 Å². The van der Waals surface area contributed by atoms with Crippen LogP contribution in [0.3, 0.4) is 0 Å². The molecular weight excluding hydrogens is 383 g/mol. The fourth-order valence-electron chi connectivity index (χ4n) is 3.49. The van der Waals surface area contributed by atoms with Crippen molar-refractivity contribution in [2.24, 2.45) is 11.7 Å². The second kappa shape index (κ2) is 9.17. The van der Waals surface area contributed by atoms with Gasteiger partial charge >= 0.3 is 6.09 Å². The molecule has 2 N–H and O–H groups in total. The fraction of sp³-hybridized carbons (Fsp3) is 0.333. The highest BCUT2D eigenvalue weighted by atomic mass is 35.5. The Morgan fingerprint density at radius 1 is 1.11 bits per heavy atom. The molecule has 7 heteroatoms. The van der Waals surface area contributed by atoms with Crippen LogP contribution in [-0.4, -0.2) is 36.4 Å². The average molecular weight is 405 g/mol. The molecule has 1 aliphatic rings. The predicted octanol–water partition coefficient (Wildman–Crippen LogP) is 4.21. The van der Waals surface area contributed by atoms with Gasteiger partial charge in [-0.25, -0.2) is 9.18 Å². The van der Waals surface area contributed by atoms with Crippen molar-refractivity contribution in [2.75, 3.05) is 19.6 Å². The Labute approximate surface area is 168 Å². The van der Waals surface area contributed by atoms with E-state index in [-0.39, 0.29) is 17.5 Å². The Hall–Kier alpha value is -2.44. The Morgan fingerprint density at radius 3 is 2.29 bits per heavy atom. The summed E-state index contributed by atoms with van der Waals surface area (Å²) in [5.41, 5.74) is 6.58. The molecule has 1 saturated heterocycles. The van der Waals surface area contributed by atoms with Gasteiger partial charge < -0.3 is 10.5 Å². The van der Waals surface area contributed by atoms with Crippen molar-refractivity contribution in [3.8, 4) is 0 Å². The molecule has 2 aromatic rings. The van der Waals surface area contributed by atoms with Gasteiger partial charge in [0.25, 0.3) is 0 Å². The summed E-state index contributed by atoms with van der Waals surface area (Å²) in [6.45, 7) is 1.88. The third kappa shape index (κ3) is 5.30. The van der Waals surface area contributed by atoms with Gasteiger partial charge in [0.05, 0.1) is 0 Å². The molecule has 0 spiro atoms. The number of hydrogen-bond acceptors (Lipinski definition) is 4. The number of hydrogen-bond donors (Lipinski definition) is 1. The van der Waals surface area contributed by atoms with Crippen molar-refractivity contribution in [3.05, 3.63) is 70.5 Å². The number of carbonyl (C=O) groups is 2. The molecule has 1 unspecified atom stereocenters. The number of amides is 1. The Kier molecular flexibility index (Phi) is 6.65. The Balaban J connectivity index is 1.59. The minimum atomic E-state index is -0.832. The van der Waals surface area contributed by atoms with Crippen LogP contribution in [0.5, 0.6) is 0 Å². The van der Waals surface area contributed by atoms with E-state index < -0.39 is 12.2 Å². The molecule has 28 heavy (non-hydrogen) atoms. The van der Waals surface area contributed by atoms with Crippen molar-refractivity contribution >= 4 is 23.5 Å². The number of ether oxygens (including phenoxy) is 1. The molecule has 1 aliphatic heterocycles. The van der Waals surface area contributed by atoms with Crippen LogP contribution in [-0.2, 0) is 4.74 Å². The summed E-state index contributed by atoms with van der Waals surface area (Å²) in [6.07, 6.45) is 0.0562. The van der Waals surface area contributed by atoms with Crippen LogP contribution < -0.4 is 5.73 Å². The van der Waals surface area contributed by atoms with Crippen LogP contribution in [0.25, 0.3) is 0 Å². The maximum Gasteiger partial charge on any atom is 0.405 e. The first-order valence-electron chi connectivity index (χ1n) is 9.16. The Bertz CT molecular complexity index is 819. The molecule has 1 heterocycles. The van der Waals surface area contributed by atoms with Crippen molar-refractivity contribution < 1.29 is 18.7 Å². The lowest BCUT2D eigenvalue weighted by atomic mass is 9.88. The minimum absolute atomic E-state index is 0.0438. The van der Waals surface area contributed by atoms with Crippen molar-refractivity contribution in [3.63, 3.8) is 0 Å². The monoisotopic (exact) mass is 404 g/mol. The summed E-state index contributed by atoms with van der Waals surface area (Å²) in [7, 11) is 0. The highest BCUT2D eigenvalue weighted by molar-refractivity contribution is 6.30. The van der Waals surface area contributed by atoms with Gasteiger partial charge in [-0.15, -0.1) is 0 Å². The van der Waals surface area contributed by atoms with Crippen LogP contribution in [0, 0.1) is 11.7 Å². The number of benzene rings is 2. The third-order valence-electron chi connectivity index (χ3n) is 5.01. The second-order valence-electron chi connectivity index (χ2n) is 6.92. The van der Waals surface area contributed by atoms with Gasteiger partial charge in [0.2, 0.25) is 0 Å². The molecule has 1 fully saturated rings.